The van der Waals surface area contributed by atoms with Crippen molar-refractivity contribution in [3.8, 4) is 0 Å². The van der Waals surface area contributed by atoms with Crippen molar-refractivity contribution in [2.75, 3.05) is 33.2 Å². The first-order chi connectivity index (χ1) is 15.1. The number of nitrogens with one attached hydrogen (secondary N) is 2. The minimum absolute atomic E-state index is 0.0553. The normalized spacial score (nSPS) is 15.3. The van der Waals surface area contributed by atoms with Crippen LogP contribution < -0.4 is 10.9 Å². The summed E-state index contributed by atoms with van der Waals surface area (Å²) < 4.78 is 0. The highest BCUT2D eigenvalue weighted by molar-refractivity contribution is 5.78. The largest absolute Gasteiger partial charge is 0.352 e. The van der Waals surface area contributed by atoms with Gasteiger partial charge in [-0.15, -0.1) is 0 Å². The van der Waals surface area contributed by atoms with Crippen LogP contribution in [0, 0.1) is 0 Å². The zero-order valence-electron chi connectivity index (χ0n) is 17.9. The molecule has 1 aliphatic heterocycles. The van der Waals surface area contributed by atoms with Crippen molar-refractivity contribution in [1.82, 2.24) is 25.1 Å². The summed E-state index contributed by atoms with van der Waals surface area (Å²) in [5.74, 6) is 0.480. The topological polar surface area (TPSA) is 81.3 Å². The molecule has 1 amide bonds. The predicted octanol–water partition coefficient (Wildman–Crippen LogP) is 1.92. The number of para-hydroxylation sites is 1. The number of fused-ring (bicyclic) bond motifs is 1. The summed E-state index contributed by atoms with van der Waals surface area (Å²) in [5, 5.41) is 3.54. The number of aromatic nitrogens is 2. The van der Waals surface area contributed by atoms with Gasteiger partial charge in [-0.2, -0.15) is 0 Å². The van der Waals surface area contributed by atoms with Crippen LogP contribution in [-0.4, -0.2) is 58.9 Å². The number of nitrogens with zero attached hydrogens (tertiary/aromatic N) is 3. The highest BCUT2D eigenvalue weighted by Crippen LogP contribution is 2.11. The number of benzene rings is 2. The molecule has 4 rings (SSSR count). The van der Waals surface area contributed by atoms with E-state index in [9.17, 15) is 9.59 Å². The number of hydrogen-bond acceptors (Lipinski definition) is 5. The number of carbonyl (C=O) groups is 1. The van der Waals surface area contributed by atoms with E-state index in [1.54, 1.807) is 6.07 Å². The fourth-order valence-corrected chi connectivity index (χ4v) is 3.88. The summed E-state index contributed by atoms with van der Waals surface area (Å²) in [5.41, 5.74) is 2.85. The van der Waals surface area contributed by atoms with Gasteiger partial charge in [0.05, 0.1) is 10.9 Å². The SMILES string of the molecule is CN1CCN(Cc2cccc(CNC(=O)CCc3nc4ccccc4c(=O)[nH]3)c2)CC1. The van der Waals surface area contributed by atoms with E-state index in [4.69, 9.17) is 0 Å². The molecule has 7 heteroatoms. The zero-order valence-corrected chi connectivity index (χ0v) is 17.9. The molecule has 1 aromatic heterocycles. The molecule has 7 nitrogen and oxygen atoms in total. The van der Waals surface area contributed by atoms with Crippen molar-refractivity contribution in [1.29, 1.82) is 0 Å². The first-order valence-electron chi connectivity index (χ1n) is 10.8. The van der Waals surface area contributed by atoms with Crippen LogP contribution in [0.1, 0.15) is 23.4 Å². The third-order valence-corrected chi connectivity index (χ3v) is 5.73. The van der Waals surface area contributed by atoms with E-state index in [2.05, 4.69) is 50.3 Å². The van der Waals surface area contributed by atoms with Crippen LogP contribution in [0.2, 0.25) is 0 Å². The van der Waals surface area contributed by atoms with Gasteiger partial charge in [-0.3, -0.25) is 14.5 Å². The molecule has 1 saturated heterocycles. The Balaban J connectivity index is 1.27. The molecule has 0 spiro atoms. The molecule has 1 fully saturated rings. The van der Waals surface area contributed by atoms with Crippen molar-refractivity contribution >= 4 is 16.8 Å². The van der Waals surface area contributed by atoms with Crippen molar-refractivity contribution in [3.63, 3.8) is 0 Å². The van der Waals surface area contributed by atoms with Crippen LogP contribution in [0.3, 0.4) is 0 Å². The average Bonchev–Trinajstić information content (AvgIpc) is 2.78. The van der Waals surface area contributed by atoms with Gasteiger partial charge >= 0.3 is 0 Å². The first-order valence-corrected chi connectivity index (χ1v) is 10.8. The second-order valence-corrected chi connectivity index (χ2v) is 8.21. The van der Waals surface area contributed by atoms with Crippen LogP contribution in [0.15, 0.2) is 53.3 Å². The van der Waals surface area contributed by atoms with Gasteiger partial charge in [0.2, 0.25) is 5.91 Å². The van der Waals surface area contributed by atoms with Crippen molar-refractivity contribution in [2.45, 2.75) is 25.9 Å². The van der Waals surface area contributed by atoms with Gasteiger partial charge in [-0.25, -0.2) is 4.98 Å². The van der Waals surface area contributed by atoms with Crippen LogP contribution >= 0.6 is 0 Å². The Hall–Kier alpha value is -3.03. The van der Waals surface area contributed by atoms with Crippen molar-refractivity contribution in [2.24, 2.45) is 0 Å². The number of amides is 1. The molecule has 0 aliphatic carbocycles. The molecule has 3 aromatic rings. The third-order valence-electron chi connectivity index (χ3n) is 5.73. The fourth-order valence-electron chi connectivity index (χ4n) is 3.88. The molecule has 2 aromatic carbocycles. The predicted molar refractivity (Wildman–Crippen MR) is 122 cm³/mol. The second kappa shape index (κ2) is 9.85. The zero-order chi connectivity index (χ0) is 21.6. The van der Waals surface area contributed by atoms with Gasteiger partial charge in [0.1, 0.15) is 5.82 Å². The summed E-state index contributed by atoms with van der Waals surface area (Å²) in [4.78, 5) is 36.5. The minimum atomic E-state index is -0.168. The summed E-state index contributed by atoms with van der Waals surface area (Å²) >= 11 is 0. The van der Waals surface area contributed by atoms with Crippen LogP contribution in [-0.2, 0) is 24.3 Å². The fraction of sp³-hybridized carbons (Fsp3) is 0.375. The molecule has 1 aliphatic rings. The number of rotatable bonds is 7. The van der Waals surface area contributed by atoms with Crippen LogP contribution in [0.5, 0.6) is 0 Å². The number of H-pyrrole nitrogens is 1. The molecule has 0 radical (unpaired) electrons. The summed E-state index contributed by atoms with van der Waals surface area (Å²) in [6.07, 6.45) is 0.678. The maximum atomic E-state index is 12.3. The standard InChI is InChI=1S/C24H29N5O2/c1-28-11-13-29(14-12-28)17-19-6-4-5-18(15-19)16-25-23(30)10-9-22-26-21-8-3-2-7-20(21)24(31)27-22/h2-8,15H,9-14,16-17H2,1H3,(H,25,30)(H,26,27,31). The molecule has 31 heavy (non-hydrogen) atoms. The number of hydrogen-bond donors (Lipinski definition) is 2. The molecular formula is C24H29N5O2. The van der Waals surface area contributed by atoms with Gasteiger partial charge in [0.15, 0.2) is 0 Å². The Morgan fingerprint density at radius 2 is 1.84 bits per heavy atom. The highest BCUT2D eigenvalue weighted by atomic mass is 16.1. The first kappa shape index (κ1) is 21.2. The third kappa shape index (κ3) is 5.77. The number of likely N-dealkylation sites (N-methyl/N-ethyl adjacent to an activating group) is 1. The second-order valence-electron chi connectivity index (χ2n) is 8.21. The summed E-state index contributed by atoms with van der Waals surface area (Å²) in [6.45, 7) is 5.82. The molecule has 0 atom stereocenters. The maximum Gasteiger partial charge on any atom is 0.258 e. The van der Waals surface area contributed by atoms with Gasteiger partial charge in [-0.05, 0) is 30.3 Å². The summed E-state index contributed by atoms with van der Waals surface area (Å²) in [6, 6.07) is 15.6. The Morgan fingerprint density at radius 1 is 1.06 bits per heavy atom. The lowest BCUT2D eigenvalue weighted by Gasteiger charge is -2.32. The molecule has 0 unspecified atom stereocenters. The van der Waals surface area contributed by atoms with Gasteiger partial charge < -0.3 is 15.2 Å². The molecule has 2 N–H and O–H groups in total. The quantitative estimate of drug-likeness (QED) is 0.612. The van der Waals surface area contributed by atoms with E-state index in [1.165, 1.54) is 5.56 Å². The van der Waals surface area contributed by atoms with E-state index in [0.717, 1.165) is 38.3 Å². The van der Waals surface area contributed by atoms with Gasteiger partial charge in [0.25, 0.3) is 5.56 Å². The highest BCUT2D eigenvalue weighted by Gasteiger charge is 2.14. The van der Waals surface area contributed by atoms with Gasteiger partial charge in [0, 0.05) is 52.1 Å². The Morgan fingerprint density at radius 3 is 2.68 bits per heavy atom. The number of aromatic amines is 1. The van der Waals surface area contributed by atoms with Crippen molar-refractivity contribution < 1.29 is 4.79 Å². The molecule has 2 heterocycles. The van der Waals surface area contributed by atoms with E-state index < -0.39 is 0 Å². The maximum absolute atomic E-state index is 12.3. The average molecular weight is 420 g/mol. The monoisotopic (exact) mass is 419 g/mol. The van der Waals surface area contributed by atoms with E-state index in [1.807, 2.05) is 24.3 Å². The number of piperazine rings is 1. The smallest absolute Gasteiger partial charge is 0.258 e. The van der Waals surface area contributed by atoms with E-state index in [0.29, 0.717) is 29.7 Å². The molecule has 162 valence electrons. The summed E-state index contributed by atoms with van der Waals surface area (Å²) in [7, 11) is 2.16. The van der Waals surface area contributed by atoms with Gasteiger partial charge in [-0.1, -0.05) is 36.4 Å². The lowest BCUT2D eigenvalue weighted by molar-refractivity contribution is -0.121. The Labute approximate surface area is 182 Å². The van der Waals surface area contributed by atoms with Crippen LogP contribution in [0.25, 0.3) is 10.9 Å². The lowest BCUT2D eigenvalue weighted by Crippen LogP contribution is -2.43. The van der Waals surface area contributed by atoms with E-state index >= 15 is 0 Å². The molecule has 0 saturated carbocycles. The number of carbonyl (C=O) groups excluding carboxylic acids is 1. The Kier molecular flexibility index (Phi) is 6.74. The molecular weight excluding hydrogens is 390 g/mol. The number of aryl methyl sites for hydroxylation is 1. The minimum Gasteiger partial charge on any atom is -0.352 e. The Bertz CT molecular complexity index is 1100. The lowest BCUT2D eigenvalue weighted by atomic mass is 10.1. The van der Waals surface area contributed by atoms with E-state index in [-0.39, 0.29) is 17.9 Å². The molecule has 0 bridgehead atoms. The van der Waals surface area contributed by atoms with Crippen LogP contribution in [0.4, 0.5) is 0 Å². The van der Waals surface area contributed by atoms with Crippen molar-refractivity contribution in [3.05, 3.63) is 75.8 Å².